The second kappa shape index (κ2) is 8.26. The molecule has 1 aromatic heterocycles. The largest absolute Gasteiger partial charge is 0.338 e. The number of nitrogens with one attached hydrogen (secondary N) is 1. The Morgan fingerprint density at radius 2 is 1.96 bits per heavy atom. The molecule has 0 bridgehead atoms. The molecule has 3 rings (SSSR count). The minimum Gasteiger partial charge on any atom is -0.338 e. The van der Waals surface area contributed by atoms with Crippen LogP contribution in [-0.2, 0) is 11.8 Å². The van der Waals surface area contributed by atoms with Gasteiger partial charge in [-0.15, -0.1) is 0 Å². The van der Waals surface area contributed by atoms with E-state index in [1.165, 1.54) is 30.4 Å². The van der Waals surface area contributed by atoms with E-state index in [0.29, 0.717) is 11.4 Å². The number of halogens is 1. The summed E-state index contributed by atoms with van der Waals surface area (Å²) in [6, 6.07) is 11.4. The molecule has 0 saturated carbocycles. The molecule has 0 fully saturated rings. The Bertz CT molecular complexity index is 1050. The normalized spacial score (nSPS) is 12.1. The van der Waals surface area contributed by atoms with E-state index in [1.54, 1.807) is 54.3 Å². The molecule has 1 atom stereocenters. The predicted molar refractivity (Wildman–Crippen MR) is 102 cm³/mol. The molecule has 28 heavy (non-hydrogen) atoms. The molecule has 0 aliphatic carbocycles. The Labute approximate surface area is 160 Å². The SMILES string of the molecule is Cn1ccnc1C(NC(=O)/C=C/c1ccccc1[N+](=O)[O-])c1ccccc1F. The number of para-hydroxylation sites is 1. The smallest absolute Gasteiger partial charge is 0.276 e. The molecule has 0 aliphatic rings. The van der Waals surface area contributed by atoms with Crippen LogP contribution in [0, 0.1) is 15.9 Å². The number of nitrogens with zero attached hydrogens (tertiary/aromatic N) is 3. The van der Waals surface area contributed by atoms with E-state index in [9.17, 15) is 19.3 Å². The van der Waals surface area contributed by atoms with Gasteiger partial charge in [-0.05, 0) is 18.2 Å². The molecular weight excluding hydrogens is 363 g/mol. The van der Waals surface area contributed by atoms with E-state index in [0.717, 1.165) is 0 Å². The highest BCUT2D eigenvalue weighted by Crippen LogP contribution is 2.23. The first-order valence-corrected chi connectivity index (χ1v) is 8.41. The van der Waals surface area contributed by atoms with Crippen molar-refractivity contribution in [3.8, 4) is 0 Å². The van der Waals surface area contributed by atoms with Crippen molar-refractivity contribution in [1.29, 1.82) is 0 Å². The Kier molecular flexibility index (Phi) is 5.59. The molecule has 8 heteroatoms. The molecule has 0 aliphatic heterocycles. The van der Waals surface area contributed by atoms with Crippen LogP contribution in [0.15, 0.2) is 67.0 Å². The van der Waals surface area contributed by atoms with Crippen LogP contribution in [-0.4, -0.2) is 20.4 Å². The number of nitro benzene ring substituents is 1. The first-order chi connectivity index (χ1) is 13.5. The number of aryl methyl sites for hydroxylation is 1. The topological polar surface area (TPSA) is 90.1 Å². The molecule has 0 spiro atoms. The zero-order valence-corrected chi connectivity index (χ0v) is 14.9. The van der Waals surface area contributed by atoms with Crippen molar-refractivity contribution in [3.05, 3.63) is 99.9 Å². The predicted octanol–water partition coefficient (Wildman–Crippen LogP) is 3.39. The number of aromatic nitrogens is 2. The molecule has 1 unspecified atom stereocenters. The fourth-order valence-corrected chi connectivity index (χ4v) is 2.80. The van der Waals surface area contributed by atoms with Crippen LogP contribution < -0.4 is 5.32 Å². The Hall–Kier alpha value is -3.81. The van der Waals surface area contributed by atoms with Gasteiger partial charge in [-0.2, -0.15) is 0 Å². The molecule has 142 valence electrons. The summed E-state index contributed by atoms with van der Waals surface area (Å²) in [7, 11) is 1.74. The van der Waals surface area contributed by atoms with E-state index in [-0.39, 0.29) is 11.3 Å². The molecule has 3 aromatic rings. The highest BCUT2D eigenvalue weighted by atomic mass is 19.1. The van der Waals surface area contributed by atoms with Crippen LogP contribution in [0.5, 0.6) is 0 Å². The van der Waals surface area contributed by atoms with Gasteiger partial charge in [-0.1, -0.05) is 30.3 Å². The number of amides is 1. The third-order valence-electron chi connectivity index (χ3n) is 4.17. The van der Waals surface area contributed by atoms with Crippen molar-refractivity contribution in [1.82, 2.24) is 14.9 Å². The maximum absolute atomic E-state index is 14.3. The second-order valence-corrected chi connectivity index (χ2v) is 6.01. The van der Waals surface area contributed by atoms with Gasteiger partial charge in [0.05, 0.1) is 10.5 Å². The monoisotopic (exact) mass is 380 g/mol. The number of rotatable bonds is 6. The summed E-state index contributed by atoms with van der Waals surface area (Å²) in [4.78, 5) is 27.2. The van der Waals surface area contributed by atoms with Crippen LogP contribution in [0.2, 0.25) is 0 Å². The standard InChI is InChI=1S/C20H17FN4O3/c1-24-13-12-22-20(24)19(15-7-3-4-8-16(15)21)23-18(26)11-10-14-6-2-5-9-17(14)25(27)28/h2-13,19H,1H3,(H,23,26)/b11-10+. The summed E-state index contributed by atoms with van der Waals surface area (Å²) in [6.07, 6.45) is 5.78. The van der Waals surface area contributed by atoms with Gasteiger partial charge in [-0.3, -0.25) is 14.9 Å². The number of hydrogen-bond acceptors (Lipinski definition) is 4. The fourth-order valence-electron chi connectivity index (χ4n) is 2.80. The zero-order chi connectivity index (χ0) is 20.1. The molecule has 7 nitrogen and oxygen atoms in total. The zero-order valence-electron chi connectivity index (χ0n) is 14.9. The lowest BCUT2D eigenvalue weighted by atomic mass is 10.1. The lowest BCUT2D eigenvalue weighted by Gasteiger charge is -2.18. The third-order valence-corrected chi connectivity index (χ3v) is 4.17. The number of benzene rings is 2. The van der Waals surface area contributed by atoms with Crippen LogP contribution in [0.4, 0.5) is 10.1 Å². The number of imidazole rings is 1. The Morgan fingerprint density at radius 3 is 2.64 bits per heavy atom. The van der Waals surface area contributed by atoms with Gasteiger partial charge in [-0.25, -0.2) is 9.37 Å². The number of nitro groups is 1. The minimum absolute atomic E-state index is 0.110. The molecule has 1 heterocycles. The van der Waals surface area contributed by atoms with Gasteiger partial charge >= 0.3 is 0 Å². The second-order valence-electron chi connectivity index (χ2n) is 6.01. The van der Waals surface area contributed by atoms with Crippen molar-refractivity contribution in [2.24, 2.45) is 7.05 Å². The van der Waals surface area contributed by atoms with Crippen molar-refractivity contribution in [2.75, 3.05) is 0 Å². The number of carbonyl (C=O) groups excluding carboxylic acids is 1. The Balaban J connectivity index is 1.88. The van der Waals surface area contributed by atoms with E-state index in [4.69, 9.17) is 0 Å². The van der Waals surface area contributed by atoms with Crippen molar-refractivity contribution >= 4 is 17.7 Å². The van der Waals surface area contributed by atoms with Crippen LogP contribution in [0.25, 0.3) is 6.08 Å². The first kappa shape index (κ1) is 19.0. The summed E-state index contributed by atoms with van der Waals surface area (Å²) in [5.74, 6) is -0.551. The highest BCUT2D eigenvalue weighted by Gasteiger charge is 2.22. The van der Waals surface area contributed by atoms with Gasteiger partial charge in [0.2, 0.25) is 5.91 Å². The van der Waals surface area contributed by atoms with E-state index in [1.807, 2.05) is 0 Å². The van der Waals surface area contributed by atoms with Crippen LogP contribution in [0.1, 0.15) is 23.0 Å². The summed E-state index contributed by atoms with van der Waals surface area (Å²) in [5.41, 5.74) is 0.452. The molecular formula is C20H17FN4O3. The average molecular weight is 380 g/mol. The van der Waals surface area contributed by atoms with Crippen LogP contribution in [0.3, 0.4) is 0 Å². The van der Waals surface area contributed by atoms with Crippen LogP contribution >= 0.6 is 0 Å². The molecule has 2 aromatic carbocycles. The van der Waals surface area contributed by atoms with Gasteiger partial charge in [0.1, 0.15) is 17.7 Å². The van der Waals surface area contributed by atoms with E-state index >= 15 is 0 Å². The lowest BCUT2D eigenvalue weighted by molar-refractivity contribution is -0.385. The summed E-state index contributed by atoms with van der Waals surface area (Å²) in [5, 5.41) is 13.8. The highest BCUT2D eigenvalue weighted by molar-refractivity contribution is 5.92. The van der Waals surface area contributed by atoms with Gasteiger partial charge in [0.25, 0.3) is 5.69 Å². The first-order valence-electron chi connectivity index (χ1n) is 8.41. The summed E-state index contributed by atoms with van der Waals surface area (Å²) in [6.45, 7) is 0. The van der Waals surface area contributed by atoms with Crippen molar-refractivity contribution in [2.45, 2.75) is 6.04 Å². The van der Waals surface area contributed by atoms with E-state index < -0.39 is 22.7 Å². The summed E-state index contributed by atoms with van der Waals surface area (Å²) < 4.78 is 16.0. The summed E-state index contributed by atoms with van der Waals surface area (Å²) >= 11 is 0. The fraction of sp³-hybridized carbons (Fsp3) is 0.100. The average Bonchev–Trinajstić information content (AvgIpc) is 3.11. The molecule has 1 N–H and O–H groups in total. The quantitative estimate of drug-likeness (QED) is 0.403. The maximum atomic E-state index is 14.3. The molecule has 1 amide bonds. The third kappa shape index (κ3) is 4.12. The minimum atomic E-state index is -0.816. The molecule has 0 radical (unpaired) electrons. The molecule has 0 saturated heterocycles. The van der Waals surface area contributed by atoms with Gasteiger partial charge in [0.15, 0.2) is 0 Å². The van der Waals surface area contributed by atoms with Crippen molar-refractivity contribution in [3.63, 3.8) is 0 Å². The lowest BCUT2D eigenvalue weighted by Crippen LogP contribution is -2.30. The number of hydrogen-bond donors (Lipinski definition) is 1. The van der Waals surface area contributed by atoms with Gasteiger partial charge < -0.3 is 9.88 Å². The Morgan fingerprint density at radius 1 is 1.25 bits per heavy atom. The van der Waals surface area contributed by atoms with Gasteiger partial charge in [0, 0.05) is 37.1 Å². The van der Waals surface area contributed by atoms with Crippen molar-refractivity contribution < 1.29 is 14.1 Å². The number of carbonyl (C=O) groups is 1. The van der Waals surface area contributed by atoms with E-state index in [2.05, 4.69) is 10.3 Å². The maximum Gasteiger partial charge on any atom is 0.276 e.